The van der Waals surface area contributed by atoms with E-state index < -0.39 is 0 Å². The van der Waals surface area contributed by atoms with Crippen LogP contribution in [0.2, 0.25) is 0 Å². The lowest BCUT2D eigenvalue weighted by Gasteiger charge is -2.17. The molecule has 4 heteroatoms. The van der Waals surface area contributed by atoms with Crippen molar-refractivity contribution in [2.75, 3.05) is 0 Å². The van der Waals surface area contributed by atoms with Crippen LogP contribution in [0.3, 0.4) is 0 Å². The summed E-state index contributed by atoms with van der Waals surface area (Å²) in [6.07, 6.45) is 4.82. The zero-order valence-electron chi connectivity index (χ0n) is 14.0. The fourth-order valence-electron chi connectivity index (χ4n) is 3.49. The van der Waals surface area contributed by atoms with E-state index in [1.165, 1.54) is 10.4 Å². The Morgan fingerprint density at radius 2 is 2.12 bits per heavy atom. The van der Waals surface area contributed by atoms with Gasteiger partial charge >= 0.3 is 0 Å². The van der Waals surface area contributed by atoms with Crippen LogP contribution >= 0.6 is 11.3 Å². The van der Waals surface area contributed by atoms with Gasteiger partial charge in [-0.3, -0.25) is 0 Å². The molecule has 1 atom stereocenters. The van der Waals surface area contributed by atoms with E-state index in [9.17, 15) is 10.4 Å². The van der Waals surface area contributed by atoms with E-state index in [0.717, 1.165) is 35.0 Å². The molecule has 0 amide bonds. The number of nitrogens with zero attached hydrogens (tertiary/aromatic N) is 2. The van der Waals surface area contributed by atoms with Gasteiger partial charge in [-0.1, -0.05) is 37.3 Å². The molecular formula is C21H18N2OS. The predicted octanol–water partition coefficient (Wildman–Crippen LogP) is 5.35. The third-order valence-electron chi connectivity index (χ3n) is 4.86. The Bertz CT molecular complexity index is 1030. The molecule has 0 radical (unpaired) electrons. The highest BCUT2D eigenvalue weighted by atomic mass is 32.1. The van der Waals surface area contributed by atoms with Gasteiger partial charge in [-0.25, -0.2) is 4.99 Å². The molecule has 1 heterocycles. The number of fused-ring (bicyclic) bond motifs is 2. The first-order chi connectivity index (χ1) is 12.2. The van der Waals surface area contributed by atoms with E-state index in [1.54, 1.807) is 23.6 Å². The highest BCUT2D eigenvalue weighted by Crippen LogP contribution is 2.41. The number of benzene rings is 2. The first-order valence-electron chi connectivity index (χ1n) is 8.46. The topological polar surface area (TPSA) is 56.4 Å². The van der Waals surface area contributed by atoms with Crippen LogP contribution in [0.4, 0.5) is 5.00 Å². The van der Waals surface area contributed by atoms with Gasteiger partial charge in [0.25, 0.3) is 0 Å². The molecule has 0 saturated carbocycles. The molecule has 25 heavy (non-hydrogen) atoms. The van der Waals surface area contributed by atoms with Crippen molar-refractivity contribution in [2.45, 2.75) is 26.2 Å². The van der Waals surface area contributed by atoms with Gasteiger partial charge in [0.2, 0.25) is 0 Å². The number of thiophene rings is 1. The molecule has 1 aliphatic carbocycles. The van der Waals surface area contributed by atoms with E-state index in [0.29, 0.717) is 17.0 Å². The molecule has 1 aliphatic rings. The molecule has 0 spiro atoms. The highest BCUT2D eigenvalue weighted by Gasteiger charge is 2.23. The molecule has 4 rings (SSSR count). The van der Waals surface area contributed by atoms with Crippen molar-refractivity contribution in [1.29, 1.82) is 5.26 Å². The summed E-state index contributed by atoms with van der Waals surface area (Å²) in [6.45, 7) is 2.26. The SMILES string of the molecule is C[C@H]1CCc2c(sc(/N=C/c3c(O)ccc4ccccc34)c2C#N)C1. The van der Waals surface area contributed by atoms with Crippen LogP contribution in [0.15, 0.2) is 41.4 Å². The van der Waals surface area contributed by atoms with Crippen molar-refractivity contribution in [1.82, 2.24) is 0 Å². The molecule has 2 aromatic carbocycles. The smallest absolute Gasteiger partial charge is 0.134 e. The second-order valence-corrected chi connectivity index (χ2v) is 7.71. The van der Waals surface area contributed by atoms with Crippen molar-refractivity contribution in [3.63, 3.8) is 0 Å². The molecule has 1 N–H and O–H groups in total. The van der Waals surface area contributed by atoms with Gasteiger partial charge < -0.3 is 5.11 Å². The lowest BCUT2D eigenvalue weighted by Crippen LogP contribution is -2.09. The lowest BCUT2D eigenvalue weighted by atomic mass is 9.89. The van der Waals surface area contributed by atoms with Crippen LogP contribution < -0.4 is 0 Å². The van der Waals surface area contributed by atoms with Crippen LogP contribution in [0.1, 0.15) is 34.9 Å². The largest absolute Gasteiger partial charge is 0.507 e. The Hall–Kier alpha value is -2.64. The number of hydrogen-bond acceptors (Lipinski definition) is 4. The molecule has 124 valence electrons. The maximum atomic E-state index is 10.3. The summed E-state index contributed by atoms with van der Waals surface area (Å²) in [7, 11) is 0. The molecule has 1 aromatic heterocycles. The number of aromatic hydroxyl groups is 1. The van der Waals surface area contributed by atoms with Crippen molar-refractivity contribution in [3.05, 3.63) is 58.0 Å². The van der Waals surface area contributed by atoms with Crippen molar-refractivity contribution >= 4 is 33.3 Å². The molecule has 0 unspecified atom stereocenters. The van der Waals surface area contributed by atoms with Crippen molar-refractivity contribution in [3.8, 4) is 11.8 Å². The van der Waals surface area contributed by atoms with Gasteiger partial charge in [0, 0.05) is 16.7 Å². The summed E-state index contributed by atoms with van der Waals surface area (Å²) in [5.74, 6) is 0.868. The number of rotatable bonds is 2. The number of phenols is 1. The Balaban J connectivity index is 1.79. The number of nitriles is 1. The van der Waals surface area contributed by atoms with E-state index in [2.05, 4.69) is 18.0 Å². The standard InChI is InChI=1S/C21H18N2OS/c1-13-6-8-16-17(11-22)21(25-20(16)10-13)23-12-18-15-5-3-2-4-14(15)7-9-19(18)24/h2-5,7,9,12-13,24H,6,8,10H2,1H3/b23-12+/t13-/m0/s1. The summed E-state index contributed by atoms with van der Waals surface area (Å²) in [5.41, 5.74) is 2.59. The number of aliphatic imine (C=N–C) groups is 1. The minimum atomic E-state index is 0.205. The van der Waals surface area contributed by atoms with Crippen molar-refractivity contribution < 1.29 is 5.11 Å². The maximum absolute atomic E-state index is 10.3. The van der Waals surface area contributed by atoms with Crippen LogP contribution in [0.25, 0.3) is 10.8 Å². The Morgan fingerprint density at radius 1 is 1.28 bits per heavy atom. The van der Waals surface area contributed by atoms with Crippen LogP contribution in [-0.4, -0.2) is 11.3 Å². The van der Waals surface area contributed by atoms with Gasteiger partial charge in [0.1, 0.15) is 16.8 Å². The quantitative estimate of drug-likeness (QED) is 0.636. The fourth-order valence-corrected chi connectivity index (χ4v) is 4.79. The minimum Gasteiger partial charge on any atom is -0.507 e. The summed E-state index contributed by atoms with van der Waals surface area (Å²) >= 11 is 1.62. The Morgan fingerprint density at radius 3 is 2.96 bits per heavy atom. The van der Waals surface area contributed by atoms with Crippen LogP contribution in [0, 0.1) is 17.2 Å². The second-order valence-electron chi connectivity index (χ2n) is 6.62. The van der Waals surface area contributed by atoms with E-state index in [4.69, 9.17) is 0 Å². The third-order valence-corrected chi connectivity index (χ3v) is 6.03. The van der Waals surface area contributed by atoms with Gasteiger partial charge in [0.15, 0.2) is 0 Å². The third kappa shape index (κ3) is 2.81. The Kier molecular flexibility index (Phi) is 4.03. The van der Waals surface area contributed by atoms with Crippen LogP contribution in [-0.2, 0) is 12.8 Å². The first kappa shape index (κ1) is 15.9. The number of phenolic OH excluding ortho intramolecular Hbond substituents is 1. The Labute approximate surface area is 150 Å². The summed E-state index contributed by atoms with van der Waals surface area (Å²) in [4.78, 5) is 5.90. The summed E-state index contributed by atoms with van der Waals surface area (Å²) < 4.78 is 0. The van der Waals surface area contributed by atoms with Gasteiger partial charge in [-0.2, -0.15) is 5.26 Å². The summed E-state index contributed by atoms with van der Waals surface area (Å²) in [6, 6.07) is 13.8. The zero-order chi connectivity index (χ0) is 17.4. The highest BCUT2D eigenvalue weighted by molar-refractivity contribution is 7.16. The molecule has 3 aromatic rings. The van der Waals surface area contributed by atoms with Crippen molar-refractivity contribution in [2.24, 2.45) is 10.9 Å². The second kappa shape index (κ2) is 6.34. The fraction of sp³-hybridized carbons (Fsp3) is 0.238. The average molecular weight is 346 g/mol. The molecule has 0 bridgehead atoms. The monoisotopic (exact) mass is 346 g/mol. The van der Waals surface area contributed by atoms with Gasteiger partial charge in [0.05, 0.1) is 5.56 Å². The minimum absolute atomic E-state index is 0.205. The first-order valence-corrected chi connectivity index (χ1v) is 9.28. The zero-order valence-corrected chi connectivity index (χ0v) is 14.8. The molecule has 3 nitrogen and oxygen atoms in total. The average Bonchev–Trinajstić information content (AvgIpc) is 2.97. The van der Waals surface area contributed by atoms with Gasteiger partial charge in [-0.15, -0.1) is 11.3 Å². The van der Waals surface area contributed by atoms with Gasteiger partial charge in [-0.05, 0) is 47.6 Å². The van der Waals surface area contributed by atoms with Crippen LogP contribution in [0.5, 0.6) is 5.75 Å². The lowest BCUT2D eigenvalue weighted by molar-refractivity contribution is 0.475. The molecule has 0 fully saturated rings. The van der Waals surface area contributed by atoms with E-state index in [-0.39, 0.29) is 5.75 Å². The van der Waals surface area contributed by atoms with E-state index >= 15 is 0 Å². The molecular weight excluding hydrogens is 328 g/mol. The maximum Gasteiger partial charge on any atom is 0.134 e. The molecule has 0 aliphatic heterocycles. The summed E-state index contributed by atoms with van der Waals surface area (Å²) in [5, 5.41) is 22.6. The van der Waals surface area contributed by atoms with E-state index in [1.807, 2.05) is 30.3 Å². The predicted molar refractivity (Wildman–Crippen MR) is 103 cm³/mol. The molecule has 0 saturated heterocycles. The number of hydrogen-bond donors (Lipinski definition) is 1. The normalized spacial score (nSPS) is 16.9.